The van der Waals surface area contributed by atoms with Crippen molar-refractivity contribution in [2.75, 3.05) is 47.0 Å². The van der Waals surface area contributed by atoms with E-state index in [1.807, 2.05) is 24.3 Å². The number of hydrogen-bond donors (Lipinski definition) is 2. The molecule has 2 saturated heterocycles. The number of pyridine rings is 1. The number of benzene rings is 2. The van der Waals surface area contributed by atoms with Crippen LogP contribution in [-0.2, 0) is 9.53 Å². The van der Waals surface area contributed by atoms with Gasteiger partial charge in [0, 0.05) is 33.9 Å². The Kier molecular flexibility index (Phi) is 6.14. The first-order valence-electron chi connectivity index (χ1n) is 12.1. The second-order valence-electron chi connectivity index (χ2n) is 9.26. The van der Waals surface area contributed by atoms with Crippen molar-refractivity contribution in [2.45, 2.75) is 29.9 Å². The monoisotopic (exact) mass is 507 g/mol. The standard InChI is InChI=1S/C26H26FN5O3S/c27-16-1-3-21-20(11-16)23(7-10-29-21)31(17-5-8-28-9-6-17)13-19-14-32(26(34)35-19)18-2-4-24-22(12-18)30-25(33)15-36-24/h1-4,7,10-12,17,19,28H,5-6,8-9,13-15H2,(H,30,33)/t19-/m1/s1. The van der Waals surface area contributed by atoms with E-state index in [0.29, 0.717) is 30.2 Å². The molecule has 1 atom stereocenters. The second kappa shape index (κ2) is 9.59. The fourth-order valence-electron chi connectivity index (χ4n) is 5.20. The number of nitrogens with zero attached hydrogens (tertiary/aromatic N) is 3. The number of aromatic nitrogens is 1. The minimum absolute atomic E-state index is 0.0508. The molecule has 6 rings (SSSR count). The highest BCUT2D eigenvalue weighted by molar-refractivity contribution is 8.00. The van der Waals surface area contributed by atoms with Gasteiger partial charge in [0.15, 0.2) is 0 Å². The molecule has 0 radical (unpaired) electrons. The lowest BCUT2D eigenvalue weighted by Gasteiger charge is -2.38. The molecule has 2 N–H and O–H groups in total. The van der Waals surface area contributed by atoms with Gasteiger partial charge in [-0.3, -0.25) is 14.7 Å². The molecule has 1 aromatic heterocycles. The molecule has 10 heteroatoms. The van der Waals surface area contributed by atoms with Gasteiger partial charge in [0.25, 0.3) is 0 Å². The summed E-state index contributed by atoms with van der Waals surface area (Å²) in [5.41, 5.74) is 3.03. The highest BCUT2D eigenvalue weighted by atomic mass is 32.2. The van der Waals surface area contributed by atoms with Crippen LogP contribution in [0.5, 0.6) is 0 Å². The molecule has 3 aliphatic rings. The Labute approximate surface area is 212 Å². The predicted octanol–water partition coefficient (Wildman–Crippen LogP) is 4.00. The quantitative estimate of drug-likeness (QED) is 0.540. The van der Waals surface area contributed by atoms with Crippen LogP contribution in [0.4, 0.5) is 26.2 Å². The number of nitrogens with one attached hydrogen (secondary N) is 2. The Bertz CT molecular complexity index is 1330. The SMILES string of the molecule is O=C1CSc2ccc(N3C[C@@H](CN(c4ccnc5ccc(F)cc45)C4CCNCC4)OC3=O)cc2N1. The van der Waals surface area contributed by atoms with E-state index in [2.05, 4.69) is 20.5 Å². The fourth-order valence-corrected chi connectivity index (χ4v) is 5.99. The molecule has 8 nitrogen and oxygen atoms in total. The lowest BCUT2D eigenvalue weighted by atomic mass is 10.0. The van der Waals surface area contributed by atoms with E-state index in [4.69, 9.17) is 4.74 Å². The molecule has 2 amide bonds. The first kappa shape index (κ1) is 23.1. The van der Waals surface area contributed by atoms with Crippen LogP contribution < -0.4 is 20.4 Å². The van der Waals surface area contributed by atoms with Gasteiger partial charge < -0.3 is 20.3 Å². The molecule has 3 aromatic rings. The minimum Gasteiger partial charge on any atom is -0.442 e. The molecule has 0 spiro atoms. The summed E-state index contributed by atoms with van der Waals surface area (Å²) in [6.07, 6.45) is 2.84. The molecule has 4 heterocycles. The van der Waals surface area contributed by atoms with E-state index < -0.39 is 6.09 Å². The number of halogens is 1. The van der Waals surface area contributed by atoms with E-state index in [1.165, 1.54) is 23.9 Å². The summed E-state index contributed by atoms with van der Waals surface area (Å²) in [6, 6.07) is 12.4. The number of piperidine rings is 1. The van der Waals surface area contributed by atoms with Crippen molar-refractivity contribution in [2.24, 2.45) is 0 Å². The Hall–Kier alpha value is -3.37. The highest BCUT2D eigenvalue weighted by Gasteiger charge is 2.36. The normalized spacial score (nSPS) is 20.2. The van der Waals surface area contributed by atoms with E-state index in [9.17, 15) is 14.0 Å². The summed E-state index contributed by atoms with van der Waals surface area (Å²) in [5, 5.41) is 7.03. The van der Waals surface area contributed by atoms with Gasteiger partial charge >= 0.3 is 6.09 Å². The minimum atomic E-state index is -0.411. The molecule has 0 unspecified atom stereocenters. The third-order valence-corrected chi connectivity index (χ3v) is 8.00. The third-order valence-electron chi connectivity index (χ3n) is 6.92. The van der Waals surface area contributed by atoms with Crippen LogP contribution in [0.2, 0.25) is 0 Å². The molecule has 0 bridgehead atoms. The van der Waals surface area contributed by atoms with Crippen molar-refractivity contribution in [1.82, 2.24) is 10.3 Å². The zero-order valence-electron chi connectivity index (χ0n) is 19.6. The van der Waals surface area contributed by atoms with Crippen molar-refractivity contribution in [1.29, 1.82) is 0 Å². The number of fused-ring (bicyclic) bond motifs is 2. The largest absolute Gasteiger partial charge is 0.442 e. The average molecular weight is 508 g/mol. The first-order valence-corrected chi connectivity index (χ1v) is 13.1. The van der Waals surface area contributed by atoms with E-state index in [0.717, 1.165) is 47.4 Å². The summed E-state index contributed by atoms with van der Waals surface area (Å²) in [4.78, 5) is 34.0. The molecule has 2 aromatic carbocycles. The first-order chi connectivity index (χ1) is 17.5. The smallest absolute Gasteiger partial charge is 0.414 e. The van der Waals surface area contributed by atoms with Crippen LogP contribution in [0.15, 0.2) is 53.6 Å². The summed E-state index contributed by atoms with van der Waals surface area (Å²) in [5.74, 6) is 0.0311. The summed E-state index contributed by atoms with van der Waals surface area (Å²) in [6.45, 7) is 2.67. The van der Waals surface area contributed by atoms with Crippen molar-refractivity contribution in [3.05, 3.63) is 54.5 Å². The number of hydrogen-bond acceptors (Lipinski definition) is 7. The van der Waals surface area contributed by atoms with E-state index >= 15 is 0 Å². The van der Waals surface area contributed by atoms with Gasteiger partial charge in [-0.15, -0.1) is 11.8 Å². The number of carbonyl (C=O) groups is 2. The maximum atomic E-state index is 14.2. The molecule has 2 fully saturated rings. The number of thioether (sulfide) groups is 1. The fraction of sp³-hybridized carbons (Fsp3) is 0.346. The van der Waals surface area contributed by atoms with Crippen molar-refractivity contribution >= 4 is 51.7 Å². The van der Waals surface area contributed by atoms with Crippen LogP contribution in [0, 0.1) is 5.82 Å². The Balaban J connectivity index is 1.28. The molecule has 36 heavy (non-hydrogen) atoms. The van der Waals surface area contributed by atoms with Crippen molar-refractivity contribution in [3.8, 4) is 0 Å². The number of rotatable bonds is 5. The zero-order chi connectivity index (χ0) is 24.6. The Morgan fingerprint density at radius 3 is 2.86 bits per heavy atom. The maximum absolute atomic E-state index is 14.2. The number of cyclic esters (lactones) is 1. The van der Waals surface area contributed by atoms with Gasteiger partial charge in [-0.05, 0) is 68.4 Å². The van der Waals surface area contributed by atoms with E-state index in [1.54, 1.807) is 17.2 Å². The van der Waals surface area contributed by atoms with Gasteiger partial charge in [0.05, 0.1) is 30.0 Å². The average Bonchev–Trinajstić information content (AvgIpc) is 3.27. The van der Waals surface area contributed by atoms with Crippen LogP contribution in [-0.4, -0.2) is 61.1 Å². The third kappa shape index (κ3) is 4.46. The molecule has 186 valence electrons. The van der Waals surface area contributed by atoms with Crippen LogP contribution in [0.25, 0.3) is 10.9 Å². The lowest BCUT2D eigenvalue weighted by molar-refractivity contribution is -0.113. The zero-order valence-corrected chi connectivity index (χ0v) is 20.4. The topological polar surface area (TPSA) is 86.8 Å². The van der Waals surface area contributed by atoms with E-state index in [-0.39, 0.29) is 23.9 Å². The van der Waals surface area contributed by atoms with Crippen molar-refractivity contribution in [3.63, 3.8) is 0 Å². The number of anilines is 3. The highest BCUT2D eigenvalue weighted by Crippen LogP contribution is 2.36. The van der Waals surface area contributed by atoms with Gasteiger partial charge in [0.1, 0.15) is 11.9 Å². The Morgan fingerprint density at radius 1 is 1.14 bits per heavy atom. The second-order valence-corrected chi connectivity index (χ2v) is 10.3. The molecule has 0 saturated carbocycles. The van der Waals surface area contributed by atoms with Gasteiger partial charge in [0.2, 0.25) is 5.91 Å². The van der Waals surface area contributed by atoms with Crippen LogP contribution in [0.1, 0.15) is 12.8 Å². The molecule has 3 aliphatic heterocycles. The molecular formula is C26H26FN5O3S. The van der Waals surface area contributed by atoms with Crippen LogP contribution in [0.3, 0.4) is 0 Å². The Morgan fingerprint density at radius 2 is 2.00 bits per heavy atom. The summed E-state index contributed by atoms with van der Waals surface area (Å²) >= 11 is 1.48. The van der Waals surface area contributed by atoms with Gasteiger partial charge in [-0.25, -0.2) is 9.18 Å². The predicted molar refractivity (Wildman–Crippen MR) is 138 cm³/mol. The van der Waals surface area contributed by atoms with Gasteiger partial charge in [-0.1, -0.05) is 0 Å². The molecule has 0 aliphatic carbocycles. The van der Waals surface area contributed by atoms with Gasteiger partial charge in [-0.2, -0.15) is 0 Å². The molecular weight excluding hydrogens is 481 g/mol. The lowest BCUT2D eigenvalue weighted by Crippen LogP contribution is -2.47. The maximum Gasteiger partial charge on any atom is 0.414 e. The number of ether oxygens (including phenoxy) is 1. The van der Waals surface area contributed by atoms with Crippen molar-refractivity contribution < 1.29 is 18.7 Å². The summed E-state index contributed by atoms with van der Waals surface area (Å²) in [7, 11) is 0. The number of carbonyl (C=O) groups excluding carboxylic acids is 2. The number of amides is 2. The summed E-state index contributed by atoms with van der Waals surface area (Å²) < 4.78 is 20.0. The van der Waals surface area contributed by atoms with Crippen LogP contribution >= 0.6 is 11.8 Å².